The number of aromatic nitrogens is 2. The molecular formula is C15H16N4O4. The Bertz CT molecular complexity index is 709. The first-order valence-corrected chi connectivity index (χ1v) is 7.02. The third-order valence-electron chi connectivity index (χ3n) is 3.24. The minimum atomic E-state index is -0.789. The third-order valence-corrected chi connectivity index (χ3v) is 3.24. The maximum absolute atomic E-state index is 12.3. The minimum absolute atomic E-state index is 0.211. The predicted molar refractivity (Wildman–Crippen MR) is 81.3 cm³/mol. The number of benzene rings is 1. The number of methoxy groups -OCH3 is 1. The van der Waals surface area contributed by atoms with Gasteiger partial charge in [0.05, 0.1) is 7.11 Å². The van der Waals surface area contributed by atoms with Gasteiger partial charge >= 0.3 is 0 Å². The largest absolute Gasteiger partial charge is 0.482 e. The molecule has 2 heterocycles. The Labute approximate surface area is 132 Å². The van der Waals surface area contributed by atoms with Gasteiger partial charge in [-0.2, -0.15) is 4.98 Å². The summed E-state index contributed by atoms with van der Waals surface area (Å²) >= 11 is 0. The minimum Gasteiger partial charge on any atom is -0.482 e. The number of nitrogens with one attached hydrogen (secondary N) is 2. The van der Waals surface area contributed by atoms with E-state index in [4.69, 9.17) is 14.2 Å². The number of carbonyl (C=O) groups excluding carboxylic acids is 1. The molecule has 23 heavy (non-hydrogen) atoms. The van der Waals surface area contributed by atoms with Crippen molar-refractivity contribution in [1.29, 1.82) is 0 Å². The summed E-state index contributed by atoms with van der Waals surface area (Å²) in [6.07, 6.45) is 0.292. The molecule has 1 aliphatic rings. The van der Waals surface area contributed by atoms with Gasteiger partial charge in [0.1, 0.15) is 6.10 Å². The Morgan fingerprint density at radius 2 is 1.96 bits per heavy atom. The van der Waals surface area contributed by atoms with Crippen molar-refractivity contribution in [1.82, 2.24) is 15.4 Å². The van der Waals surface area contributed by atoms with Crippen LogP contribution in [0.3, 0.4) is 0 Å². The zero-order chi connectivity index (χ0) is 16.2. The molecule has 2 aromatic rings. The van der Waals surface area contributed by atoms with Crippen molar-refractivity contribution >= 4 is 11.9 Å². The highest BCUT2D eigenvalue weighted by Gasteiger charge is 2.34. The molecule has 0 bridgehead atoms. The van der Waals surface area contributed by atoms with E-state index in [2.05, 4.69) is 20.8 Å². The van der Waals surface area contributed by atoms with Crippen molar-refractivity contribution in [2.75, 3.05) is 12.5 Å². The van der Waals surface area contributed by atoms with Gasteiger partial charge in [0, 0.05) is 12.3 Å². The van der Waals surface area contributed by atoms with Gasteiger partial charge in [0.2, 0.25) is 17.9 Å². The number of fused-ring (bicyclic) bond motifs is 1. The van der Waals surface area contributed by atoms with Crippen LogP contribution in [0.15, 0.2) is 36.5 Å². The second-order valence-corrected chi connectivity index (χ2v) is 4.85. The highest BCUT2D eigenvalue weighted by Crippen LogP contribution is 2.33. The van der Waals surface area contributed by atoms with E-state index >= 15 is 0 Å². The first kappa shape index (κ1) is 14.9. The van der Waals surface area contributed by atoms with Crippen LogP contribution in [-0.2, 0) is 4.79 Å². The fourth-order valence-corrected chi connectivity index (χ4v) is 2.11. The molecule has 0 radical (unpaired) electrons. The monoisotopic (exact) mass is 316 g/mol. The van der Waals surface area contributed by atoms with Gasteiger partial charge in [-0.25, -0.2) is 4.98 Å². The Balaban J connectivity index is 1.64. The molecule has 8 nitrogen and oxygen atoms in total. The lowest BCUT2D eigenvalue weighted by molar-refractivity contribution is -0.132. The zero-order valence-electron chi connectivity index (χ0n) is 12.6. The Morgan fingerprint density at radius 1 is 1.22 bits per heavy atom. The van der Waals surface area contributed by atoms with E-state index in [9.17, 15) is 4.79 Å². The molecule has 1 aliphatic heterocycles. The number of carbonyl (C=O) groups is 1. The standard InChI is InChI=1S/C15H16N4O4/c1-9-13(23-11-6-4-3-5-10(11)22-9)14(20)18-19-15-16-8-7-12(17-15)21-2/h3-9,13H,1-2H3,(H,18,20)(H,16,17,19)/t9-,13-/m0/s1. The van der Waals surface area contributed by atoms with Gasteiger partial charge in [-0.05, 0) is 19.1 Å². The summed E-state index contributed by atoms with van der Waals surface area (Å²) in [6.45, 7) is 1.77. The van der Waals surface area contributed by atoms with Gasteiger partial charge in [0.15, 0.2) is 11.5 Å². The first-order valence-electron chi connectivity index (χ1n) is 7.02. The average Bonchev–Trinajstić information content (AvgIpc) is 2.59. The number of rotatable bonds is 4. The molecule has 1 aromatic carbocycles. The van der Waals surface area contributed by atoms with Gasteiger partial charge < -0.3 is 14.2 Å². The topological polar surface area (TPSA) is 94.6 Å². The molecule has 8 heteroatoms. The molecule has 1 amide bonds. The van der Waals surface area contributed by atoms with Crippen LogP contribution >= 0.6 is 0 Å². The highest BCUT2D eigenvalue weighted by atomic mass is 16.6. The summed E-state index contributed by atoms with van der Waals surface area (Å²) in [4.78, 5) is 20.3. The van der Waals surface area contributed by atoms with E-state index in [0.29, 0.717) is 17.4 Å². The maximum Gasteiger partial charge on any atom is 0.283 e. The number of para-hydroxylation sites is 2. The lowest BCUT2D eigenvalue weighted by Crippen LogP contribution is -2.50. The van der Waals surface area contributed by atoms with Crippen LogP contribution in [0.25, 0.3) is 0 Å². The molecule has 2 atom stereocenters. The quantitative estimate of drug-likeness (QED) is 0.817. The van der Waals surface area contributed by atoms with Gasteiger partial charge in [0.25, 0.3) is 5.91 Å². The summed E-state index contributed by atoms with van der Waals surface area (Å²) in [7, 11) is 1.50. The van der Waals surface area contributed by atoms with Crippen LogP contribution in [0.4, 0.5) is 5.95 Å². The predicted octanol–water partition coefficient (Wildman–Crippen LogP) is 1.16. The fourth-order valence-electron chi connectivity index (χ4n) is 2.11. The Hall–Kier alpha value is -3.03. The van der Waals surface area contributed by atoms with E-state index in [0.717, 1.165) is 0 Å². The molecule has 0 fully saturated rings. The van der Waals surface area contributed by atoms with Crippen molar-refractivity contribution in [3.8, 4) is 17.4 Å². The van der Waals surface area contributed by atoms with Crippen molar-refractivity contribution in [3.05, 3.63) is 36.5 Å². The van der Waals surface area contributed by atoms with E-state index in [1.807, 2.05) is 12.1 Å². The summed E-state index contributed by atoms with van der Waals surface area (Å²) < 4.78 is 16.4. The van der Waals surface area contributed by atoms with Crippen molar-refractivity contribution in [2.24, 2.45) is 0 Å². The van der Waals surface area contributed by atoms with Crippen LogP contribution in [0.1, 0.15) is 6.92 Å². The van der Waals surface area contributed by atoms with E-state index < -0.39 is 18.1 Å². The third kappa shape index (κ3) is 3.25. The second kappa shape index (κ2) is 6.39. The van der Waals surface area contributed by atoms with Gasteiger partial charge in [-0.15, -0.1) is 0 Å². The van der Waals surface area contributed by atoms with Crippen molar-refractivity contribution in [3.63, 3.8) is 0 Å². The summed E-state index contributed by atoms with van der Waals surface area (Å²) in [5.41, 5.74) is 5.13. The number of anilines is 1. The lowest BCUT2D eigenvalue weighted by atomic mass is 10.1. The van der Waals surface area contributed by atoms with Crippen LogP contribution in [0.2, 0.25) is 0 Å². The molecule has 0 saturated heterocycles. The molecular weight excluding hydrogens is 300 g/mol. The average molecular weight is 316 g/mol. The summed E-state index contributed by atoms with van der Waals surface area (Å²) in [5.74, 6) is 1.36. The number of hydrogen-bond donors (Lipinski definition) is 2. The smallest absolute Gasteiger partial charge is 0.283 e. The lowest BCUT2D eigenvalue weighted by Gasteiger charge is -2.30. The number of ether oxygens (including phenoxy) is 3. The van der Waals surface area contributed by atoms with Gasteiger partial charge in [-0.1, -0.05) is 12.1 Å². The molecule has 120 valence electrons. The number of nitrogens with zero attached hydrogens (tertiary/aromatic N) is 2. The highest BCUT2D eigenvalue weighted by molar-refractivity contribution is 5.83. The number of hydrogen-bond acceptors (Lipinski definition) is 7. The summed E-state index contributed by atoms with van der Waals surface area (Å²) in [5, 5.41) is 0. The maximum atomic E-state index is 12.3. The van der Waals surface area contributed by atoms with Crippen LogP contribution in [0.5, 0.6) is 17.4 Å². The Kier molecular flexibility index (Phi) is 4.13. The van der Waals surface area contributed by atoms with Crippen LogP contribution < -0.4 is 25.1 Å². The Morgan fingerprint density at radius 3 is 2.70 bits per heavy atom. The molecule has 3 rings (SSSR count). The van der Waals surface area contributed by atoms with Crippen molar-refractivity contribution < 1.29 is 19.0 Å². The van der Waals surface area contributed by atoms with Gasteiger partial charge in [-0.3, -0.25) is 15.6 Å². The normalized spacial score (nSPS) is 18.9. The number of amides is 1. The van der Waals surface area contributed by atoms with E-state index in [1.165, 1.54) is 13.3 Å². The molecule has 1 aromatic heterocycles. The molecule has 0 aliphatic carbocycles. The van der Waals surface area contributed by atoms with E-state index in [-0.39, 0.29) is 5.95 Å². The van der Waals surface area contributed by atoms with Crippen molar-refractivity contribution in [2.45, 2.75) is 19.1 Å². The second-order valence-electron chi connectivity index (χ2n) is 4.85. The molecule has 0 spiro atoms. The van der Waals surface area contributed by atoms with Crippen LogP contribution in [-0.4, -0.2) is 35.2 Å². The first-order chi connectivity index (χ1) is 11.2. The van der Waals surface area contributed by atoms with E-state index in [1.54, 1.807) is 25.1 Å². The molecule has 0 saturated carbocycles. The zero-order valence-corrected chi connectivity index (χ0v) is 12.6. The van der Waals surface area contributed by atoms with Crippen LogP contribution in [0, 0.1) is 0 Å². The SMILES string of the molecule is COc1ccnc(NNC(=O)[C@H]2Oc3ccccc3O[C@H]2C)n1. The fraction of sp³-hybridized carbons (Fsp3) is 0.267. The molecule has 2 N–H and O–H groups in total. The number of hydrazine groups is 1. The summed E-state index contributed by atoms with van der Waals surface area (Å²) in [6, 6.07) is 8.80. The molecule has 0 unspecified atom stereocenters.